The number of ether oxygens (including phenoxy) is 2. The van der Waals surface area contributed by atoms with E-state index in [-0.39, 0.29) is 12.5 Å². The molecule has 110 valence electrons. The van der Waals surface area contributed by atoms with E-state index >= 15 is 0 Å². The van der Waals surface area contributed by atoms with Gasteiger partial charge in [0.15, 0.2) is 6.61 Å². The molecular formula is C15H13Cl2NO3. The van der Waals surface area contributed by atoms with E-state index in [4.69, 9.17) is 32.7 Å². The van der Waals surface area contributed by atoms with Gasteiger partial charge in [-0.25, -0.2) is 0 Å². The Morgan fingerprint density at radius 3 is 2.62 bits per heavy atom. The van der Waals surface area contributed by atoms with Crippen molar-refractivity contribution in [3.8, 4) is 11.5 Å². The molecule has 2 rings (SSSR count). The molecule has 21 heavy (non-hydrogen) atoms. The first-order valence-corrected chi connectivity index (χ1v) is 6.86. The third kappa shape index (κ3) is 4.55. The minimum absolute atomic E-state index is 0.133. The summed E-state index contributed by atoms with van der Waals surface area (Å²) in [6.45, 7) is -0.133. The van der Waals surface area contributed by atoms with Gasteiger partial charge in [0.25, 0.3) is 5.91 Å². The second-order valence-electron chi connectivity index (χ2n) is 4.14. The van der Waals surface area contributed by atoms with Crippen LogP contribution in [0.4, 0.5) is 5.69 Å². The highest BCUT2D eigenvalue weighted by Gasteiger charge is 2.07. The molecule has 0 spiro atoms. The van der Waals surface area contributed by atoms with E-state index < -0.39 is 0 Å². The van der Waals surface area contributed by atoms with Gasteiger partial charge >= 0.3 is 0 Å². The maximum absolute atomic E-state index is 11.8. The summed E-state index contributed by atoms with van der Waals surface area (Å²) in [7, 11) is 1.56. The fraction of sp³-hybridized carbons (Fsp3) is 0.133. The van der Waals surface area contributed by atoms with Crippen molar-refractivity contribution in [2.45, 2.75) is 0 Å². The molecular weight excluding hydrogens is 313 g/mol. The Morgan fingerprint density at radius 1 is 1.14 bits per heavy atom. The number of amides is 1. The van der Waals surface area contributed by atoms with E-state index in [1.807, 2.05) is 0 Å². The highest BCUT2D eigenvalue weighted by molar-refractivity contribution is 6.36. The van der Waals surface area contributed by atoms with Crippen LogP contribution in [0.2, 0.25) is 10.0 Å². The number of benzene rings is 2. The summed E-state index contributed by atoms with van der Waals surface area (Å²) in [6.07, 6.45) is 0. The Morgan fingerprint density at radius 2 is 1.90 bits per heavy atom. The Kier molecular flexibility index (Phi) is 5.31. The van der Waals surface area contributed by atoms with Gasteiger partial charge in [-0.2, -0.15) is 0 Å². The Balaban J connectivity index is 1.92. The Labute approximate surface area is 132 Å². The van der Waals surface area contributed by atoms with Crippen LogP contribution in [0.15, 0.2) is 42.5 Å². The number of anilines is 1. The minimum Gasteiger partial charge on any atom is -0.497 e. The molecule has 2 aromatic rings. The van der Waals surface area contributed by atoms with E-state index in [1.165, 1.54) is 0 Å². The second-order valence-corrected chi connectivity index (χ2v) is 4.98. The van der Waals surface area contributed by atoms with Crippen LogP contribution in [0.3, 0.4) is 0 Å². The maximum atomic E-state index is 11.8. The number of carbonyl (C=O) groups is 1. The summed E-state index contributed by atoms with van der Waals surface area (Å²) < 4.78 is 10.5. The predicted octanol–water partition coefficient (Wildman–Crippen LogP) is 4.02. The third-order valence-corrected chi connectivity index (χ3v) is 3.16. The molecule has 0 atom stereocenters. The highest BCUT2D eigenvalue weighted by Crippen LogP contribution is 2.25. The summed E-state index contributed by atoms with van der Waals surface area (Å²) >= 11 is 11.8. The molecule has 0 heterocycles. The highest BCUT2D eigenvalue weighted by atomic mass is 35.5. The standard InChI is InChI=1S/C15H13Cl2NO3/c1-20-11-3-2-4-12(8-11)21-9-15(19)18-14-6-5-10(16)7-13(14)17/h2-8H,9H2,1H3,(H,18,19). The normalized spacial score (nSPS) is 10.0. The average molecular weight is 326 g/mol. The van der Waals surface area contributed by atoms with Crippen molar-refractivity contribution in [3.05, 3.63) is 52.5 Å². The van der Waals surface area contributed by atoms with Crippen molar-refractivity contribution in [1.29, 1.82) is 0 Å². The molecule has 0 aromatic heterocycles. The molecule has 1 amide bonds. The summed E-state index contributed by atoms with van der Waals surface area (Å²) in [5, 5.41) is 3.53. The van der Waals surface area contributed by atoms with Crippen LogP contribution in [0.5, 0.6) is 11.5 Å². The number of nitrogens with one attached hydrogen (secondary N) is 1. The molecule has 0 unspecified atom stereocenters. The molecule has 0 bridgehead atoms. The first kappa shape index (κ1) is 15.5. The lowest BCUT2D eigenvalue weighted by Crippen LogP contribution is -2.20. The zero-order valence-electron chi connectivity index (χ0n) is 11.2. The number of halogens is 2. The summed E-state index contributed by atoms with van der Waals surface area (Å²) in [6, 6.07) is 11.8. The number of hydrogen-bond acceptors (Lipinski definition) is 3. The van der Waals surface area contributed by atoms with Gasteiger partial charge in [0, 0.05) is 11.1 Å². The zero-order chi connectivity index (χ0) is 15.2. The van der Waals surface area contributed by atoms with Crippen LogP contribution in [-0.4, -0.2) is 19.6 Å². The van der Waals surface area contributed by atoms with Crippen molar-refractivity contribution < 1.29 is 14.3 Å². The molecule has 0 saturated carbocycles. The van der Waals surface area contributed by atoms with Crippen LogP contribution in [0, 0.1) is 0 Å². The van der Waals surface area contributed by atoms with Gasteiger partial charge in [-0.05, 0) is 30.3 Å². The van der Waals surface area contributed by atoms with Crippen molar-refractivity contribution in [3.63, 3.8) is 0 Å². The molecule has 0 radical (unpaired) electrons. The van der Waals surface area contributed by atoms with Gasteiger partial charge < -0.3 is 14.8 Å². The van der Waals surface area contributed by atoms with E-state index in [9.17, 15) is 4.79 Å². The summed E-state index contributed by atoms with van der Waals surface area (Å²) in [5.41, 5.74) is 0.486. The molecule has 0 saturated heterocycles. The third-order valence-electron chi connectivity index (χ3n) is 2.62. The van der Waals surface area contributed by atoms with Crippen LogP contribution >= 0.6 is 23.2 Å². The van der Waals surface area contributed by atoms with Crippen molar-refractivity contribution in [2.24, 2.45) is 0 Å². The number of rotatable bonds is 5. The van der Waals surface area contributed by atoms with E-state index in [2.05, 4.69) is 5.32 Å². The first-order valence-electron chi connectivity index (χ1n) is 6.10. The lowest BCUT2D eigenvalue weighted by molar-refractivity contribution is -0.118. The molecule has 0 aliphatic carbocycles. The van der Waals surface area contributed by atoms with E-state index in [0.717, 1.165) is 0 Å². The lowest BCUT2D eigenvalue weighted by atomic mass is 10.3. The van der Waals surface area contributed by atoms with Crippen LogP contribution in [-0.2, 0) is 4.79 Å². The zero-order valence-corrected chi connectivity index (χ0v) is 12.7. The SMILES string of the molecule is COc1cccc(OCC(=O)Nc2ccc(Cl)cc2Cl)c1. The first-order chi connectivity index (χ1) is 10.1. The molecule has 0 aliphatic rings. The van der Waals surface area contributed by atoms with Crippen LogP contribution in [0.1, 0.15) is 0 Å². The van der Waals surface area contributed by atoms with Gasteiger partial charge in [-0.1, -0.05) is 29.3 Å². The van der Waals surface area contributed by atoms with Gasteiger partial charge in [0.05, 0.1) is 17.8 Å². The van der Waals surface area contributed by atoms with Crippen molar-refractivity contribution in [2.75, 3.05) is 19.0 Å². The molecule has 4 nitrogen and oxygen atoms in total. The predicted molar refractivity (Wildman–Crippen MR) is 83.6 cm³/mol. The van der Waals surface area contributed by atoms with Crippen molar-refractivity contribution >= 4 is 34.8 Å². The lowest BCUT2D eigenvalue weighted by Gasteiger charge is -2.09. The van der Waals surface area contributed by atoms with Gasteiger partial charge in [-0.15, -0.1) is 0 Å². The largest absolute Gasteiger partial charge is 0.497 e. The Bertz CT molecular complexity index is 647. The van der Waals surface area contributed by atoms with Gasteiger partial charge in [0.2, 0.25) is 0 Å². The average Bonchev–Trinajstić information content (AvgIpc) is 2.48. The molecule has 0 aliphatic heterocycles. The number of methoxy groups -OCH3 is 1. The van der Waals surface area contributed by atoms with Gasteiger partial charge in [0.1, 0.15) is 11.5 Å². The summed E-state index contributed by atoms with van der Waals surface area (Å²) in [4.78, 5) is 11.8. The minimum atomic E-state index is -0.318. The van der Waals surface area contributed by atoms with Crippen LogP contribution < -0.4 is 14.8 Å². The molecule has 2 aromatic carbocycles. The number of hydrogen-bond donors (Lipinski definition) is 1. The summed E-state index contributed by atoms with van der Waals surface area (Å²) in [5.74, 6) is 0.891. The topological polar surface area (TPSA) is 47.6 Å². The van der Waals surface area contributed by atoms with E-state index in [1.54, 1.807) is 49.6 Å². The van der Waals surface area contributed by atoms with Crippen molar-refractivity contribution in [1.82, 2.24) is 0 Å². The maximum Gasteiger partial charge on any atom is 0.262 e. The fourth-order valence-electron chi connectivity index (χ4n) is 1.62. The monoisotopic (exact) mass is 325 g/mol. The smallest absolute Gasteiger partial charge is 0.262 e. The van der Waals surface area contributed by atoms with E-state index in [0.29, 0.717) is 27.2 Å². The Hall–Kier alpha value is -1.91. The number of carbonyl (C=O) groups excluding carboxylic acids is 1. The van der Waals surface area contributed by atoms with Gasteiger partial charge in [-0.3, -0.25) is 4.79 Å². The molecule has 0 fully saturated rings. The van der Waals surface area contributed by atoms with Crippen LogP contribution in [0.25, 0.3) is 0 Å². The quantitative estimate of drug-likeness (QED) is 0.903. The fourth-order valence-corrected chi connectivity index (χ4v) is 2.07. The molecule has 6 heteroatoms. The molecule has 1 N–H and O–H groups in total. The second kappa shape index (κ2) is 7.20.